The first-order chi connectivity index (χ1) is 9.97. The summed E-state index contributed by atoms with van der Waals surface area (Å²) in [7, 11) is 0. The molecular formula is C16H16F2N2O. The zero-order chi connectivity index (χ0) is 15.4. The average molecular weight is 290 g/mol. The standard InChI is InChI=1S/C16H16F2N2O/c1-10-8-14(18)15(9-13(10)17)19-11(2)16(21)20-12-6-4-3-5-7-12/h3-9,11,19H,1-2H3,(H,20,21). The highest BCUT2D eigenvalue weighted by molar-refractivity contribution is 5.96. The molecule has 2 rings (SSSR count). The minimum absolute atomic E-state index is 0.0335. The number of halogens is 2. The maximum Gasteiger partial charge on any atom is 0.246 e. The second-order valence-electron chi connectivity index (χ2n) is 4.80. The van der Waals surface area contributed by atoms with E-state index in [1.54, 1.807) is 31.2 Å². The number of anilines is 2. The fourth-order valence-electron chi connectivity index (χ4n) is 1.83. The highest BCUT2D eigenvalue weighted by atomic mass is 19.1. The molecule has 0 radical (unpaired) electrons. The monoisotopic (exact) mass is 290 g/mol. The second kappa shape index (κ2) is 6.35. The minimum Gasteiger partial charge on any atom is -0.371 e. The lowest BCUT2D eigenvalue weighted by molar-refractivity contribution is -0.116. The Morgan fingerprint density at radius 1 is 1.10 bits per heavy atom. The molecule has 0 aliphatic carbocycles. The van der Waals surface area contributed by atoms with Gasteiger partial charge in [-0.25, -0.2) is 8.78 Å². The molecule has 1 amide bonds. The van der Waals surface area contributed by atoms with E-state index in [4.69, 9.17) is 0 Å². The number of hydrogen-bond acceptors (Lipinski definition) is 2. The Hall–Kier alpha value is -2.43. The van der Waals surface area contributed by atoms with Crippen LogP contribution in [0, 0.1) is 18.6 Å². The number of amides is 1. The molecule has 1 unspecified atom stereocenters. The van der Waals surface area contributed by atoms with Crippen molar-refractivity contribution in [2.24, 2.45) is 0 Å². The molecule has 0 aliphatic rings. The molecule has 0 heterocycles. The topological polar surface area (TPSA) is 41.1 Å². The average Bonchev–Trinajstić information content (AvgIpc) is 2.45. The summed E-state index contributed by atoms with van der Waals surface area (Å²) in [4.78, 5) is 12.0. The summed E-state index contributed by atoms with van der Waals surface area (Å²) in [5.41, 5.74) is 0.833. The van der Waals surface area contributed by atoms with Crippen molar-refractivity contribution in [1.29, 1.82) is 0 Å². The van der Waals surface area contributed by atoms with Gasteiger partial charge in [0.05, 0.1) is 5.69 Å². The number of hydrogen-bond donors (Lipinski definition) is 2. The van der Waals surface area contributed by atoms with Crippen LogP contribution in [0.1, 0.15) is 12.5 Å². The van der Waals surface area contributed by atoms with Crippen LogP contribution in [0.2, 0.25) is 0 Å². The molecule has 0 saturated carbocycles. The van der Waals surface area contributed by atoms with Gasteiger partial charge in [-0.3, -0.25) is 4.79 Å². The SMILES string of the molecule is Cc1cc(F)c(NC(C)C(=O)Nc2ccccc2)cc1F. The zero-order valence-electron chi connectivity index (χ0n) is 11.8. The largest absolute Gasteiger partial charge is 0.371 e. The molecule has 21 heavy (non-hydrogen) atoms. The molecule has 1 atom stereocenters. The summed E-state index contributed by atoms with van der Waals surface area (Å²) < 4.78 is 27.2. The Bertz CT molecular complexity index is 644. The Morgan fingerprint density at radius 3 is 2.43 bits per heavy atom. The number of para-hydroxylation sites is 1. The summed E-state index contributed by atoms with van der Waals surface area (Å²) in [6.45, 7) is 3.06. The molecule has 2 N–H and O–H groups in total. The van der Waals surface area contributed by atoms with Crippen molar-refractivity contribution in [2.45, 2.75) is 19.9 Å². The van der Waals surface area contributed by atoms with Crippen LogP contribution in [0.4, 0.5) is 20.2 Å². The van der Waals surface area contributed by atoms with Gasteiger partial charge in [0.1, 0.15) is 17.7 Å². The van der Waals surface area contributed by atoms with Gasteiger partial charge in [0.15, 0.2) is 0 Å². The summed E-state index contributed by atoms with van der Waals surface area (Å²) in [5.74, 6) is -1.44. The van der Waals surface area contributed by atoms with Crippen LogP contribution in [0.5, 0.6) is 0 Å². The van der Waals surface area contributed by atoms with Crippen LogP contribution in [-0.4, -0.2) is 11.9 Å². The number of carbonyl (C=O) groups is 1. The summed E-state index contributed by atoms with van der Waals surface area (Å²) >= 11 is 0. The molecule has 110 valence electrons. The first-order valence-corrected chi connectivity index (χ1v) is 6.55. The van der Waals surface area contributed by atoms with Gasteiger partial charge in [0.25, 0.3) is 0 Å². The van der Waals surface area contributed by atoms with Crippen molar-refractivity contribution in [3.8, 4) is 0 Å². The van der Waals surface area contributed by atoms with Crippen LogP contribution in [0.15, 0.2) is 42.5 Å². The lowest BCUT2D eigenvalue weighted by Crippen LogP contribution is -2.32. The van der Waals surface area contributed by atoms with Crippen molar-refractivity contribution in [2.75, 3.05) is 10.6 Å². The van der Waals surface area contributed by atoms with Gasteiger partial charge in [0, 0.05) is 11.8 Å². The van der Waals surface area contributed by atoms with Crippen molar-refractivity contribution in [1.82, 2.24) is 0 Å². The van der Waals surface area contributed by atoms with Gasteiger partial charge in [-0.05, 0) is 37.6 Å². The van der Waals surface area contributed by atoms with Crippen LogP contribution < -0.4 is 10.6 Å². The zero-order valence-corrected chi connectivity index (χ0v) is 11.8. The van der Waals surface area contributed by atoms with Gasteiger partial charge in [-0.2, -0.15) is 0 Å². The Balaban J connectivity index is 2.06. The van der Waals surface area contributed by atoms with Gasteiger partial charge < -0.3 is 10.6 Å². The first-order valence-electron chi connectivity index (χ1n) is 6.55. The predicted octanol–water partition coefficient (Wildman–Crippen LogP) is 3.71. The fourth-order valence-corrected chi connectivity index (χ4v) is 1.83. The molecule has 0 saturated heterocycles. The molecule has 0 aliphatic heterocycles. The van der Waals surface area contributed by atoms with Crippen LogP contribution in [0.3, 0.4) is 0 Å². The highest BCUT2D eigenvalue weighted by Gasteiger charge is 2.15. The minimum atomic E-state index is -0.707. The normalized spacial score (nSPS) is 11.8. The highest BCUT2D eigenvalue weighted by Crippen LogP contribution is 2.20. The van der Waals surface area contributed by atoms with Gasteiger partial charge in [-0.1, -0.05) is 18.2 Å². The molecule has 2 aromatic carbocycles. The lowest BCUT2D eigenvalue weighted by Gasteiger charge is -2.16. The molecule has 5 heteroatoms. The van der Waals surface area contributed by atoms with Gasteiger partial charge >= 0.3 is 0 Å². The van der Waals surface area contributed by atoms with E-state index in [2.05, 4.69) is 10.6 Å². The molecule has 0 bridgehead atoms. The van der Waals surface area contributed by atoms with Gasteiger partial charge in [0.2, 0.25) is 5.91 Å². The Morgan fingerprint density at radius 2 is 1.76 bits per heavy atom. The maximum atomic E-state index is 13.7. The number of rotatable bonds is 4. The summed E-state index contributed by atoms with van der Waals surface area (Å²) in [6.07, 6.45) is 0. The number of nitrogens with one attached hydrogen (secondary N) is 2. The van der Waals surface area contributed by atoms with E-state index in [1.807, 2.05) is 6.07 Å². The molecule has 0 spiro atoms. The van der Waals surface area contributed by atoms with E-state index in [-0.39, 0.29) is 17.2 Å². The third kappa shape index (κ3) is 3.78. The number of benzene rings is 2. The van der Waals surface area contributed by atoms with Crippen molar-refractivity contribution in [3.05, 3.63) is 59.7 Å². The van der Waals surface area contributed by atoms with Crippen LogP contribution in [-0.2, 0) is 4.79 Å². The second-order valence-corrected chi connectivity index (χ2v) is 4.80. The number of aryl methyl sites for hydroxylation is 1. The van der Waals surface area contributed by atoms with E-state index in [0.29, 0.717) is 5.69 Å². The molecule has 2 aromatic rings. The fraction of sp³-hybridized carbons (Fsp3) is 0.188. The first kappa shape index (κ1) is 15.0. The smallest absolute Gasteiger partial charge is 0.246 e. The molecule has 3 nitrogen and oxygen atoms in total. The predicted molar refractivity (Wildman–Crippen MR) is 79.3 cm³/mol. The van der Waals surface area contributed by atoms with Gasteiger partial charge in [-0.15, -0.1) is 0 Å². The molecular weight excluding hydrogens is 274 g/mol. The van der Waals surface area contributed by atoms with Crippen molar-refractivity contribution >= 4 is 17.3 Å². The maximum absolute atomic E-state index is 13.7. The van der Waals surface area contributed by atoms with E-state index >= 15 is 0 Å². The Labute approximate surface area is 122 Å². The lowest BCUT2D eigenvalue weighted by atomic mass is 10.2. The third-order valence-corrected chi connectivity index (χ3v) is 3.05. The summed E-state index contributed by atoms with van der Waals surface area (Å²) in [5, 5.41) is 5.36. The quantitative estimate of drug-likeness (QED) is 0.901. The van der Waals surface area contributed by atoms with E-state index < -0.39 is 17.7 Å². The van der Waals surface area contributed by atoms with Crippen molar-refractivity contribution < 1.29 is 13.6 Å². The third-order valence-electron chi connectivity index (χ3n) is 3.05. The number of carbonyl (C=O) groups excluding carboxylic acids is 1. The van der Waals surface area contributed by atoms with E-state index in [9.17, 15) is 13.6 Å². The Kier molecular flexibility index (Phi) is 4.52. The summed E-state index contributed by atoms with van der Waals surface area (Å²) in [6, 6.07) is 10.4. The van der Waals surface area contributed by atoms with E-state index in [1.165, 1.54) is 6.92 Å². The van der Waals surface area contributed by atoms with Crippen LogP contribution in [0.25, 0.3) is 0 Å². The van der Waals surface area contributed by atoms with Crippen molar-refractivity contribution in [3.63, 3.8) is 0 Å². The molecule has 0 fully saturated rings. The molecule has 0 aromatic heterocycles. The van der Waals surface area contributed by atoms with E-state index in [0.717, 1.165) is 12.1 Å². The van der Waals surface area contributed by atoms with Crippen LogP contribution >= 0.6 is 0 Å².